The van der Waals surface area contributed by atoms with Gasteiger partial charge in [-0.15, -0.1) is 13.2 Å². The van der Waals surface area contributed by atoms with Crippen LogP contribution in [0.2, 0.25) is 0 Å². The Balaban J connectivity index is -0.0000000907. The zero-order valence-electron chi connectivity index (χ0n) is 10.2. The minimum absolute atomic E-state index is 0. The van der Waals surface area contributed by atoms with E-state index in [0.717, 1.165) is 6.42 Å². The second kappa shape index (κ2) is 21.2. The van der Waals surface area contributed by atoms with Crippen molar-refractivity contribution in [3.8, 4) is 0 Å². The van der Waals surface area contributed by atoms with Gasteiger partial charge < -0.3 is 10.1 Å². The van der Waals surface area contributed by atoms with Crippen LogP contribution in [0.15, 0.2) is 13.2 Å². The Morgan fingerprint density at radius 2 is 1.71 bits per heavy atom. The molecule has 106 valence electrons. The fourth-order valence-electron chi connectivity index (χ4n) is 0.754. The van der Waals surface area contributed by atoms with Gasteiger partial charge in [0.2, 0.25) is 5.91 Å². The third-order valence-electron chi connectivity index (χ3n) is 1.73. The maximum absolute atomic E-state index is 10.6. The van der Waals surface area contributed by atoms with E-state index in [1.807, 2.05) is 6.92 Å². The minimum atomic E-state index is -0.170. The van der Waals surface area contributed by atoms with Crippen LogP contribution < -0.4 is 5.32 Å². The summed E-state index contributed by atoms with van der Waals surface area (Å²) < 4.78 is 5.37. The zero-order valence-corrected chi connectivity index (χ0v) is 13.1. The van der Waals surface area contributed by atoms with E-state index in [-0.39, 0.29) is 48.1 Å². The Kier molecular flexibility index (Phi) is 37.6. The van der Waals surface area contributed by atoms with Crippen LogP contribution in [-0.2, 0) is 30.6 Å². The van der Waals surface area contributed by atoms with Crippen LogP contribution in [0.5, 0.6) is 0 Å². The molecule has 0 bridgehead atoms. The predicted octanol–water partition coefficient (Wildman–Crippen LogP) is 3.60. The molecule has 17 heavy (non-hydrogen) atoms. The smallest absolute Gasteiger partial charge is 0.218 e. The van der Waals surface area contributed by atoms with E-state index in [1.54, 1.807) is 0 Å². The molecule has 0 radical (unpaired) electrons. The molecule has 0 heterocycles. The van der Waals surface area contributed by atoms with Crippen molar-refractivity contribution in [3.05, 3.63) is 13.2 Å². The molecule has 0 rings (SSSR count). The monoisotopic (exact) mass is 417 g/mol. The zero-order chi connectivity index (χ0) is 11.6. The van der Waals surface area contributed by atoms with Gasteiger partial charge in [-0.3, -0.25) is 4.79 Å². The molecule has 2 unspecified atom stereocenters. The van der Waals surface area contributed by atoms with Crippen molar-refractivity contribution in [3.63, 3.8) is 0 Å². The van der Waals surface area contributed by atoms with Crippen molar-refractivity contribution in [2.45, 2.75) is 55.2 Å². The fraction of sp³-hybridized carbons (Fsp3) is 0.769. The quantitative estimate of drug-likeness (QED) is 0.549. The van der Waals surface area contributed by atoms with Crippen molar-refractivity contribution in [2.75, 3.05) is 6.61 Å². The summed E-state index contributed by atoms with van der Waals surface area (Å²) in [5.74, 6) is 0.507. The average Bonchev–Trinajstić information content (AvgIpc) is 2.16. The van der Waals surface area contributed by atoms with Crippen LogP contribution in [0, 0.1) is 5.92 Å². The minimum Gasteiger partial charge on any atom is -0.359 e. The van der Waals surface area contributed by atoms with Gasteiger partial charge in [-0.2, -0.15) is 0 Å². The second-order valence-electron chi connectivity index (χ2n) is 3.19. The summed E-state index contributed by atoms with van der Waals surface area (Å²) in [5.41, 5.74) is 0. The normalized spacial score (nSPS) is 11.1. The van der Waals surface area contributed by atoms with E-state index in [1.165, 1.54) is 6.92 Å². The molecule has 0 aromatic heterocycles. The van der Waals surface area contributed by atoms with Crippen LogP contribution in [0.25, 0.3) is 0 Å². The van der Waals surface area contributed by atoms with E-state index in [9.17, 15) is 4.79 Å². The van der Waals surface area contributed by atoms with Gasteiger partial charge in [-0.1, -0.05) is 35.1 Å². The summed E-state index contributed by atoms with van der Waals surface area (Å²) in [7, 11) is 0. The van der Waals surface area contributed by atoms with Crippen molar-refractivity contribution in [1.82, 2.24) is 5.32 Å². The number of rotatable bonds is 5. The summed E-state index contributed by atoms with van der Waals surface area (Å²) in [5, 5.41) is 2.66. The fourth-order valence-corrected chi connectivity index (χ4v) is 0.754. The second-order valence-corrected chi connectivity index (χ2v) is 3.19. The number of carbonyl (C=O) groups is 1. The first kappa shape index (κ1) is 30.1. The average molecular weight is 417 g/mol. The molecule has 1 amide bonds. The molecule has 0 spiro atoms. The van der Waals surface area contributed by atoms with Crippen molar-refractivity contribution in [2.24, 2.45) is 5.92 Å². The number of carbonyl (C=O) groups excluding carboxylic acids is 1. The van der Waals surface area contributed by atoms with Gasteiger partial charge in [0, 0.05) is 28.0 Å². The first-order chi connectivity index (χ1) is 6.56. The number of hydrogen-bond donors (Lipinski definition) is 1. The molecule has 0 saturated carbocycles. The molecule has 4 heteroatoms. The third kappa shape index (κ3) is 25.8. The van der Waals surface area contributed by atoms with E-state index in [0.29, 0.717) is 12.5 Å². The number of ether oxygens (including phenoxy) is 1. The Morgan fingerprint density at radius 1 is 1.29 bits per heavy atom. The van der Waals surface area contributed by atoms with E-state index >= 15 is 0 Å². The molecule has 0 aliphatic carbocycles. The molecule has 3 nitrogen and oxygen atoms in total. The Morgan fingerprint density at radius 3 is 2.00 bits per heavy atom. The maximum atomic E-state index is 10.6. The SMILES string of the molecule is C.C.C=C.CCC(C)COC(C)NC(C)=O.[W]. The number of amides is 1. The molecular weight excluding hydrogens is 386 g/mol. The summed E-state index contributed by atoms with van der Waals surface area (Å²) >= 11 is 0. The first-order valence-electron chi connectivity index (χ1n) is 4.95. The first-order valence-corrected chi connectivity index (χ1v) is 4.95. The van der Waals surface area contributed by atoms with Crippen LogP contribution in [0.1, 0.15) is 49.0 Å². The Bertz CT molecular complexity index is 154. The predicted molar refractivity (Wildman–Crippen MR) is 73.4 cm³/mol. The van der Waals surface area contributed by atoms with Crippen molar-refractivity contribution >= 4 is 5.91 Å². The molecule has 2 atom stereocenters. The van der Waals surface area contributed by atoms with Crippen LogP contribution >= 0.6 is 0 Å². The Hall–Kier alpha value is -0.142. The molecule has 0 aliphatic heterocycles. The summed E-state index contributed by atoms with van der Waals surface area (Å²) in [4.78, 5) is 10.6. The van der Waals surface area contributed by atoms with Gasteiger partial charge >= 0.3 is 0 Å². The molecule has 0 aromatic carbocycles. The maximum Gasteiger partial charge on any atom is 0.218 e. The molecule has 0 aromatic rings. The van der Waals surface area contributed by atoms with Crippen molar-refractivity contribution in [1.29, 1.82) is 0 Å². The number of hydrogen-bond acceptors (Lipinski definition) is 2. The summed E-state index contributed by atoms with van der Waals surface area (Å²) in [6, 6.07) is 0. The van der Waals surface area contributed by atoms with Crippen molar-refractivity contribution < 1.29 is 30.6 Å². The van der Waals surface area contributed by atoms with E-state index in [2.05, 4.69) is 32.3 Å². The van der Waals surface area contributed by atoms with Gasteiger partial charge in [-0.05, 0) is 12.8 Å². The largest absolute Gasteiger partial charge is 0.359 e. The Labute approximate surface area is 123 Å². The van der Waals surface area contributed by atoms with Crippen LogP contribution in [0.4, 0.5) is 0 Å². The molecule has 1 N–H and O–H groups in total. The van der Waals surface area contributed by atoms with Gasteiger partial charge in [-0.25, -0.2) is 0 Å². The van der Waals surface area contributed by atoms with E-state index < -0.39 is 0 Å². The van der Waals surface area contributed by atoms with Crippen LogP contribution in [-0.4, -0.2) is 18.7 Å². The van der Waals surface area contributed by atoms with Gasteiger partial charge in [0.25, 0.3) is 0 Å². The molecular formula is C13H31NO2W. The molecule has 0 aliphatic rings. The number of nitrogens with one attached hydrogen (secondary N) is 1. The van der Waals surface area contributed by atoms with Crippen LogP contribution in [0.3, 0.4) is 0 Å². The van der Waals surface area contributed by atoms with E-state index in [4.69, 9.17) is 4.74 Å². The molecule has 0 saturated heterocycles. The topological polar surface area (TPSA) is 38.3 Å². The van der Waals surface area contributed by atoms with Gasteiger partial charge in [0.1, 0.15) is 6.23 Å². The summed E-state index contributed by atoms with van der Waals surface area (Å²) in [6.45, 7) is 14.3. The van der Waals surface area contributed by atoms with Gasteiger partial charge in [0.15, 0.2) is 0 Å². The van der Waals surface area contributed by atoms with Gasteiger partial charge in [0.05, 0.1) is 6.61 Å². The standard InChI is InChI=1S/C9H19NO2.C2H4.2CH4.W/c1-5-7(2)6-12-9(4)10-8(3)11;1-2;;;/h7,9H,5-6H2,1-4H3,(H,10,11);1-2H2;2*1H4;. The summed E-state index contributed by atoms with van der Waals surface area (Å²) in [6.07, 6.45) is 0.934. The molecule has 0 fully saturated rings. The third-order valence-corrected chi connectivity index (χ3v) is 1.73.